The second kappa shape index (κ2) is 10.5. The van der Waals surface area contributed by atoms with Gasteiger partial charge >= 0.3 is 5.97 Å². The van der Waals surface area contributed by atoms with Gasteiger partial charge in [0.25, 0.3) is 0 Å². The fraction of sp³-hybridized carbons (Fsp3) is 0.286. The third-order valence-corrected chi connectivity index (χ3v) is 5.97. The zero-order chi connectivity index (χ0) is 24.9. The normalized spacial score (nSPS) is 14.8. The molecule has 1 amide bonds. The Balaban J connectivity index is 1.88. The van der Waals surface area contributed by atoms with E-state index in [0.29, 0.717) is 36.0 Å². The van der Waals surface area contributed by atoms with Crippen molar-refractivity contribution < 1.29 is 28.5 Å². The van der Waals surface area contributed by atoms with Crippen LogP contribution in [0.25, 0.3) is 0 Å². The number of rotatable bonds is 8. The first-order chi connectivity index (χ1) is 17.0. The molecule has 0 spiro atoms. The maximum absolute atomic E-state index is 13.5. The Labute approximate surface area is 205 Å². The summed E-state index contributed by atoms with van der Waals surface area (Å²) in [5, 5.41) is 0. The van der Waals surface area contributed by atoms with Crippen LogP contribution in [0.4, 0.5) is 5.69 Å². The van der Waals surface area contributed by atoms with Gasteiger partial charge in [0, 0.05) is 5.69 Å². The molecule has 1 aliphatic rings. The number of nitrogens with zero attached hydrogens (tertiary/aromatic N) is 1. The molecule has 7 nitrogen and oxygen atoms in total. The fourth-order valence-electron chi connectivity index (χ4n) is 4.38. The number of esters is 1. The lowest BCUT2D eigenvalue weighted by molar-refractivity contribution is -0.118. The Kier molecular flexibility index (Phi) is 7.25. The summed E-state index contributed by atoms with van der Waals surface area (Å²) in [4.78, 5) is 27.3. The van der Waals surface area contributed by atoms with E-state index in [9.17, 15) is 9.59 Å². The molecular formula is C28H29NO6. The molecule has 0 radical (unpaired) electrons. The van der Waals surface area contributed by atoms with E-state index in [2.05, 4.69) is 0 Å². The third-order valence-electron chi connectivity index (χ3n) is 5.97. The quantitative estimate of drug-likeness (QED) is 0.429. The van der Waals surface area contributed by atoms with Gasteiger partial charge in [-0.15, -0.1) is 0 Å². The Hall–Kier alpha value is -4.00. The number of amides is 1. The predicted molar refractivity (Wildman–Crippen MR) is 133 cm³/mol. The summed E-state index contributed by atoms with van der Waals surface area (Å²) in [7, 11) is 2.96. The van der Waals surface area contributed by atoms with Gasteiger partial charge in [0.15, 0.2) is 11.5 Å². The maximum Gasteiger partial charge on any atom is 0.337 e. The number of anilines is 1. The number of carbonyl (C=O) groups is 2. The molecule has 3 aromatic carbocycles. The van der Waals surface area contributed by atoms with Crippen LogP contribution in [0.5, 0.6) is 17.2 Å². The van der Waals surface area contributed by atoms with Gasteiger partial charge in [0.1, 0.15) is 5.75 Å². The molecule has 1 atom stereocenters. The summed E-state index contributed by atoms with van der Waals surface area (Å²) in [5.74, 6) is 1.50. The van der Waals surface area contributed by atoms with Gasteiger partial charge in [-0.2, -0.15) is 0 Å². The SMILES string of the molecule is CCOc1cc2c(cc1OCC)C(c1ccc(C(=O)OC)cc1)N(c1ccc(OC)cc1)C(=O)C2. The second-order valence-corrected chi connectivity index (χ2v) is 8.02. The smallest absolute Gasteiger partial charge is 0.337 e. The molecule has 0 aliphatic carbocycles. The summed E-state index contributed by atoms with van der Waals surface area (Å²) in [6, 6.07) is 18.0. The molecular weight excluding hydrogens is 446 g/mol. The van der Waals surface area contributed by atoms with Crippen molar-refractivity contribution in [1.82, 2.24) is 0 Å². The number of ether oxygens (including phenoxy) is 4. The van der Waals surface area contributed by atoms with Gasteiger partial charge in [-0.3, -0.25) is 4.79 Å². The summed E-state index contributed by atoms with van der Waals surface area (Å²) in [6.45, 7) is 4.81. The summed E-state index contributed by atoms with van der Waals surface area (Å²) in [5.41, 5.74) is 3.87. The molecule has 0 aromatic heterocycles. The lowest BCUT2D eigenvalue weighted by Crippen LogP contribution is -2.41. The Morgan fingerprint density at radius 2 is 1.54 bits per heavy atom. The maximum atomic E-state index is 13.5. The van der Waals surface area contributed by atoms with E-state index in [0.717, 1.165) is 22.4 Å². The van der Waals surface area contributed by atoms with Crippen LogP contribution in [-0.4, -0.2) is 39.3 Å². The van der Waals surface area contributed by atoms with Gasteiger partial charge in [-0.1, -0.05) is 12.1 Å². The van der Waals surface area contributed by atoms with Gasteiger partial charge in [-0.05, 0) is 79.1 Å². The first kappa shape index (κ1) is 24.1. The lowest BCUT2D eigenvalue weighted by atomic mass is 9.86. The van der Waals surface area contributed by atoms with E-state index >= 15 is 0 Å². The molecule has 4 rings (SSSR count). The minimum atomic E-state index is -0.429. The molecule has 0 saturated carbocycles. The van der Waals surface area contributed by atoms with Crippen molar-refractivity contribution in [3.8, 4) is 17.2 Å². The number of methoxy groups -OCH3 is 2. The molecule has 3 aromatic rings. The molecule has 7 heteroatoms. The lowest BCUT2D eigenvalue weighted by Gasteiger charge is -2.38. The molecule has 0 fully saturated rings. The van der Waals surface area contributed by atoms with Gasteiger partial charge in [0.2, 0.25) is 5.91 Å². The minimum absolute atomic E-state index is 0.0451. The third kappa shape index (κ3) is 4.80. The van der Waals surface area contributed by atoms with Crippen molar-refractivity contribution in [3.63, 3.8) is 0 Å². The van der Waals surface area contributed by atoms with E-state index in [-0.39, 0.29) is 12.3 Å². The zero-order valence-corrected chi connectivity index (χ0v) is 20.4. The van der Waals surface area contributed by atoms with E-state index in [1.54, 1.807) is 24.1 Å². The molecule has 0 N–H and O–H groups in total. The van der Waals surface area contributed by atoms with Crippen LogP contribution in [0, 0.1) is 0 Å². The standard InChI is InChI=1S/C28H29NO6/c1-5-34-24-15-20-16-26(30)29(21-11-13-22(32-3)14-12-21)27(23(20)17-25(24)35-6-2)18-7-9-19(10-8-18)28(31)33-4/h7-15,17,27H,5-6,16H2,1-4H3. The van der Waals surface area contributed by atoms with Crippen LogP contribution in [0.3, 0.4) is 0 Å². The predicted octanol–water partition coefficient (Wildman–Crippen LogP) is 4.96. The highest BCUT2D eigenvalue weighted by molar-refractivity contribution is 5.98. The van der Waals surface area contributed by atoms with E-state index < -0.39 is 12.0 Å². The largest absolute Gasteiger partial charge is 0.497 e. The Morgan fingerprint density at radius 1 is 0.914 bits per heavy atom. The Bertz CT molecular complexity index is 1200. The number of benzene rings is 3. The van der Waals surface area contributed by atoms with Crippen LogP contribution in [-0.2, 0) is 16.0 Å². The summed E-state index contributed by atoms with van der Waals surface area (Å²) in [6.07, 6.45) is 0.227. The van der Waals surface area contributed by atoms with Gasteiger partial charge in [0.05, 0.1) is 45.5 Å². The van der Waals surface area contributed by atoms with Crippen molar-refractivity contribution in [2.24, 2.45) is 0 Å². The van der Waals surface area contributed by atoms with Crippen LogP contribution >= 0.6 is 0 Å². The average molecular weight is 476 g/mol. The summed E-state index contributed by atoms with van der Waals surface area (Å²) < 4.78 is 21.8. The van der Waals surface area contributed by atoms with Crippen LogP contribution in [0.1, 0.15) is 46.9 Å². The molecule has 1 aliphatic heterocycles. The zero-order valence-electron chi connectivity index (χ0n) is 20.4. The molecule has 0 saturated heterocycles. The van der Waals surface area contributed by atoms with Crippen LogP contribution in [0.15, 0.2) is 60.7 Å². The first-order valence-corrected chi connectivity index (χ1v) is 11.6. The minimum Gasteiger partial charge on any atom is -0.497 e. The Morgan fingerprint density at radius 3 is 2.11 bits per heavy atom. The summed E-state index contributed by atoms with van der Waals surface area (Å²) >= 11 is 0. The highest BCUT2D eigenvalue weighted by Gasteiger charge is 2.36. The molecule has 35 heavy (non-hydrogen) atoms. The number of carbonyl (C=O) groups excluding carboxylic acids is 2. The van der Waals surface area contributed by atoms with E-state index in [4.69, 9.17) is 18.9 Å². The number of fused-ring (bicyclic) bond motifs is 1. The van der Waals surface area contributed by atoms with Crippen molar-refractivity contribution in [3.05, 3.63) is 82.9 Å². The number of hydrogen-bond acceptors (Lipinski definition) is 6. The number of hydrogen-bond donors (Lipinski definition) is 0. The average Bonchev–Trinajstić information content (AvgIpc) is 2.88. The topological polar surface area (TPSA) is 74.3 Å². The highest BCUT2D eigenvalue weighted by Crippen LogP contribution is 2.43. The van der Waals surface area contributed by atoms with Crippen molar-refractivity contribution in [2.75, 3.05) is 32.3 Å². The van der Waals surface area contributed by atoms with Gasteiger partial charge in [-0.25, -0.2) is 4.79 Å². The molecule has 0 bridgehead atoms. The van der Waals surface area contributed by atoms with E-state index in [1.807, 2.05) is 62.4 Å². The molecule has 1 heterocycles. The van der Waals surface area contributed by atoms with E-state index in [1.165, 1.54) is 7.11 Å². The van der Waals surface area contributed by atoms with Crippen molar-refractivity contribution in [1.29, 1.82) is 0 Å². The monoisotopic (exact) mass is 475 g/mol. The highest BCUT2D eigenvalue weighted by atomic mass is 16.5. The fourth-order valence-corrected chi connectivity index (χ4v) is 4.38. The van der Waals surface area contributed by atoms with Gasteiger partial charge < -0.3 is 23.8 Å². The van der Waals surface area contributed by atoms with Crippen molar-refractivity contribution >= 4 is 17.6 Å². The first-order valence-electron chi connectivity index (χ1n) is 11.6. The molecule has 182 valence electrons. The van der Waals surface area contributed by atoms with Crippen LogP contribution < -0.4 is 19.1 Å². The second-order valence-electron chi connectivity index (χ2n) is 8.02. The molecule has 1 unspecified atom stereocenters. The van der Waals surface area contributed by atoms with Crippen LogP contribution in [0.2, 0.25) is 0 Å². The van der Waals surface area contributed by atoms with Crippen molar-refractivity contribution in [2.45, 2.75) is 26.3 Å².